The van der Waals surface area contributed by atoms with Crippen LogP contribution in [0.4, 0.5) is 0 Å². The number of amides is 1. The average Bonchev–Trinajstić information content (AvgIpc) is 2.27. The molecule has 0 heterocycles. The lowest BCUT2D eigenvalue weighted by Gasteiger charge is -2.00. The van der Waals surface area contributed by atoms with E-state index in [0.717, 1.165) is 0 Å². The first kappa shape index (κ1) is 11.2. The zero-order valence-corrected chi connectivity index (χ0v) is 8.40. The second kappa shape index (κ2) is 5.75. The highest BCUT2D eigenvalue weighted by Crippen LogP contribution is 2.04. The number of carbonyl (C=O) groups excluding carboxylic acids is 2. The van der Waals surface area contributed by atoms with Gasteiger partial charge in [-0.2, -0.15) is 0 Å². The first-order valence-corrected chi connectivity index (χ1v) is 4.72. The second-order valence-corrected chi connectivity index (χ2v) is 3.06. The molecule has 0 saturated heterocycles. The topological polar surface area (TPSA) is 46.2 Å². The summed E-state index contributed by atoms with van der Waals surface area (Å²) in [6.07, 6.45) is 1.73. The van der Waals surface area contributed by atoms with Crippen LogP contribution in [0.5, 0.6) is 0 Å². The Labute approximate surface area is 88.8 Å². The van der Waals surface area contributed by atoms with Crippen LogP contribution in [0.15, 0.2) is 43.1 Å². The van der Waals surface area contributed by atoms with Crippen LogP contribution in [0.1, 0.15) is 23.2 Å². The van der Waals surface area contributed by atoms with Crippen LogP contribution >= 0.6 is 0 Å². The van der Waals surface area contributed by atoms with Crippen LogP contribution in [0, 0.1) is 0 Å². The molecule has 0 atom stereocenters. The van der Waals surface area contributed by atoms with Crippen LogP contribution < -0.4 is 5.32 Å². The lowest BCUT2D eigenvalue weighted by atomic mass is 10.1. The number of hydrogen-bond acceptors (Lipinski definition) is 2. The fraction of sp³-hybridized carbons (Fsp3) is 0.167. The molecule has 1 aromatic carbocycles. The molecule has 3 heteroatoms. The molecule has 78 valence electrons. The molecule has 0 radical (unpaired) electrons. The van der Waals surface area contributed by atoms with Gasteiger partial charge in [-0.1, -0.05) is 36.9 Å². The molecule has 0 aliphatic rings. The Kier molecular flexibility index (Phi) is 4.29. The van der Waals surface area contributed by atoms with E-state index in [1.807, 2.05) is 6.07 Å². The van der Waals surface area contributed by atoms with E-state index in [1.165, 1.54) is 6.20 Å². The van der Waals surface area contributed by atoms with Gasteiger partial charge in [-0.25, -0.2) is 0 Å². The monoisotopic (exact) mass is 203 g/mol. The van der Waals surface area contributed by atoms with Crippen molar-refractivity contribution >= 4 is 11.7 Å². The van der Waals surface area contributed by atoms with Gasteiger partial charge in [-0.15, -0.1) is 0 Å². The van der Waals surface area contributed by atoms with Gasteiger partial charge in [0.15, 0.2) is 5.78 Å². The van der Waals surface area contributed by atoms with Crippen molar-refractivity contribution in [1.82, 2.24) is 5.32 Å². The van der Waals surface area contributed by atoms with Gasteiger partial charge in [0.25, 0.3) is 0 Å². The molecule has 1 rings (SSSR count). The summed E-state index contributed by atoms with van der Waals surface area (Å²) in [5.74, 6) is -0.205. The molecule has 0 fully saturated rings. The second-order valence-electron chi connectivity index (χ2n) is 3.06. The minimum atomic E-state index is -0.186. The van der Waals surface area contributed by atoms with Gasteiger partial charge in [0.2, 0.25) is 5.91 Å². The number of nitrogens with one attached hydrogen (secondary N) is 1. The Morgan fingerprint density at radius 1 is 1.20 bits per heavy atom. The van der Waals surface area contributed by atoms with Crippen LogP contribution in [-0.2, 0) is 4.79 Å². The number of benzene rings is 1. The first-order valence-electron chi connectivity index (χ1n) is 4.72. The van der Waals surface area contributed by atoms with Gasteiger partial charge in [0.1, 0.15) is 0 Å². The lowest BCUT2D eigenvalue weighted by molar-refractivity contribution is -0.120. The van der Waals surface area contributed by atoms with Crippen LogP contribution in [-0.4, -0.2) is 11.7 Å². The van der Waals surface area contributed by atoms with Crippen molar-refractivity contribution < 1.29 is 9.59 Å². The summed E-state index contributed by atoms with van der Waals surface area (Å²) >= 11 is 0. The van der Waals surface area contributed by atoms with Crippen LogP contribution in [0.25, 0.3) is 0 Å². The highest BCUT2D eigenvalue weighted by atomic mass is 16.2. The van der Waals surface area contributed by atoms with Gasteiger partial charge >= 0.3 is 0 Å². The van der Waals surface area contributed by atoms with Crippen LogP contribution in [0.3, 0.4) is 0 Å². The number of rotatable bonds is 5. The van der Waals surface area contributed by atoms with Crippen molar-refractivity contribution in [3.05, 3.63) is 48.7 Å². The Balaban J connectivity index is 2.44. The standard InChI is InChI=1S/C12H13NO2/c1-2-13-12(15)9-8-11(14)10-6-4-3-5-7-10/h2-7H,1,8-9H2,(H,13,15). The fourth-order valence-corrected chi connectivity index (χ4v) is 1.18. The lowest BCUT2D eigenvalue weighted by Crippen LogP contribution is -2.17. The predicted molar refractivity (Wildman–Crippen MR) is 58.3 cm³/mol. The van der Waals surface area contributed by atoms with Gasteiger partial charge in [-0.05, 0) is 6.20 Å². The molecule has 0 saturated carbocycles. The quantitative estimate of drug-likeness (QED) is 0.743. The molecule has 0 aromatic heterocycles. The normalized spacial score (nSPS) is 9.33. The Morgan fingerprint density at radius 3 is 2.47 bits per heavy atom. The highest BCUT2D eigenvalue weighted by molar-refractivity contribution is 5.97. The zero-order valence-electron chi connectivity index (χ0n) is 8.40. The summed E-state index contributed by atoms with van der Waals surface area (Å²) in [6, 6.07) is 8.94. The Bertz CT molecular complexity index is 357. The van der Waals surface area contributed by atoms with Crippen molar-refractivity contribution in [2.45, 2.75) is 12.8 Å². The maximum atomic E-state index is 11.5. The molecule has 0 spiro atoms. The maximum Gasteiger partial charge on any atom is 0.224 e. The molecule has 1 amide bonds. The number of hydrogen-bond donors (Lipinski definition) is 1. The first-order chi connectivity index (χ1) is 7.24. The van der Waals surface area contributed by atoms with Crippen LogP contribution in [0.2, 0.25) is 0 Å². The van der Waals surface area contributed by atoms with E-state index in [-0.39, 0.29) is 24.5 Å². The molecule has 15 heavy (non-hydrogen) atoms. The highest BCUT2D eigenvalue weighted by Gasteiger charge is 2.07. The van der Waals surface area contributed by atoms with Gasteiger partial charge < -0.3 is 5.32 Å². The number of Topliss-reactive ketones (excluding diaryl/α,β-unsaturated/α-hetero) is 1. The largest absolute Gasteiger partial charge is 0.333 e. The summed E-state index contributed by atoms with van der Waals surface area (Å²) in [7, 11) is 0. The predicted octanol–water partition coefficient (Wildman–Crippen LogP) is 1.91. The summed E-state index contributed by atoms with van der Waals surface area (Å²) in [5.41, 5.74) is 0.643. The third-order valence-electron chi connectivity index (χ3n) is 1.94. The third-order valence-corrected chi connectivity index (χ3v) is 1.94. The van der Waals surface area contributed by atoms with E-state index in [2.05, 4.69) is 11.9 Å². The van der Waals surface area contributed by atoms with E-state index in [4.69, 9.17) is 0 Å². The minimum absolute atomic E-state index is 0.0187. The van der Waals surface area contributed by atoms with Crippen molar-refractivity contribution in [3.8, 4) is 0 Å². The molecule has 0 bridgehead atoms. The van der Waals surface area contributed by atoms with E-state index in [1.54, 1.807) is 24.3 Å². The van der Waals surface area contributed by atoms with Crippen molar-refractivity contribution in [1.29, 1.82) is 0 Å². The summed E-state index contributed by atoms with van der Waals surface area (Å²) < 4.78 is 0. The third kappa shape index (κ3) is 3.77. The number of carbonyl (C=O) groups is 2. The average molecular weight is 203 g/mol. The molecule has 0 aliphatic heterocycles. The fourth-order valence-electron chi connectivity index (χ4n) is 1.18. The Hall–Kier alpha value is -1.90. The SMILES string of the molecule is C=CNC(=O)CCC(=O)c1ccccc1. The molecule has 0 aliphatic carbocycles. The molecular weight excluding hydrogens is 190 g/mol. The van der Waals surface area contributed by atoms with Gasteiger partial charge in [-0.3, -0.25) is 9.59 Å². The van der Waals surface area contributed by atoms with E-state index < -0.39 is 0 Å². The summed E-state index contributed by atoms with van der Waals surface area (Å²) in [5, 5.41) is 2.43. The number of ketones is 1. The van der Waals surface area contributed by atoms with E-state index >= 15 is 0 Å². The van der Waals surface area contributed by atoms with Gasteiger partial charge in [0.05, 0.1) is 0 Å². The smallest absolute Gasteiger partial charge is 0.224 e. The molecule has 1 N–H and O–H groups in total. The van der Waals surface area contributed by atoms with Crippen molar-refractivity contribution in [2.24, 2.45) is 0 Å². The minimum Gasteiger partial charge on any atom is -0.333 e. The van der Waals surface area contributed by atoms with Crippen molar-refractivity contribution in [3.63, 3.8) is 0 Å². The van der Waals surface area contributed by atoms with E-state index in [0.29, 0.717) is 5.56 Å². The van der Waals surface area contributed by atoms with E-state index in [9.17, 15) is 9.59 Å². The van der Waals surface area contributed by atoms with Crippen molar-refractivity contribution in [2.75, 3.05) is 0 Å². The Morgan fingerprint density at radius 2 is 1.87 bits per heavy atom. The summed E-state index contributed by atoms with van der Waals surface area (Å²) in [4.78, 5) is 22.6. The van der Waals surface area contributed by atoms with Gasteiger partial charge in [0, 0.05) is 18.4 Å². The molecule has 0 unspecified atom stereocenters. The maximum absolute atomic E-state index is 11.5. The molecule has 3 nitrogen and oxygen atoms in total. The molecule has 1 aromatic rings. The summed E-state index contributed by atoms with van der Waals surface area (Å²) in [6.45, 7) is 3.37. The zero-order chi connectivity index (χ0) is 11.1. The molecular formula is C12H13NO2.